The van der Waals surface area contributed by atoms with Crippen LogP contribution in [0.1, 0.15) is 22.5 Å². The van der Waals surface area contributed by atoms with E-state index >= 15 is 0 Å². The molecule has 0 atom stereocenters. The van der Waals surface area contributed by atoms with E-state index in [1.54, 1.807) is 6.07 Å². The molecule has 0 radical (unpaired) electrons. The van der Waals surface area contributed by atoms with Gasteiger partial charge in [-0.3, -0.25) is 9.58 Å². The first kappa shape index (κ1) is 20.7. The van der Waals surface area contributed by atoms with Gasteiger partial charge in [-0.25, -0.2) is 9.37 Å². The molecule has 0 bridgehead atoms. The van der Waals surface area contributed by atoms with Crippen LogP contribution in [0.15, 0.2) is 60.7 Å². The van der Waals surface area contributed by atoms with Crippen LogP contribution in [0.25, 0.3) is 11.3 Å². The third-order valence-corrected chi connectivity index (χ3v) is 5.92. The van der Waals surface area contributed by atoms with Gasteiger partial charge in [0, 0.05) is 35.6 Å². The highest BCUT2D eigenvalue weighted by Gasteiger charge is 2.27. The Hall–Kier alpha value is -3.22. The Morgan fingerprint density at radius 3 is 2.72 bits per heavy atom. The first-order chi connectivity index (χ1) is 15.5. The van der Waals surface area contributed by atoms with Gasteiger partial charge in [0.05, 0.1) is 23.6 Å². The van der Waals surface area contributed by atoms with Gasteiger partial charge in [0.2, 0.25) is 0 Å². The predicted octanol–water partition coefficient (Wildman–Crippen LogP) is 5.78. The minimum atomic E-state index is -0.233. The number of fused-ring (bicyclic) bond motifs is 1. The van der Waals surface area contributed by atoms with E-state index in [0.717, 1.165) is 52.7 Å². The van der Waals surface area contributed by atoms with Crippen LogP contribution in [-0.2, 0) is 19.6 Å². The van der Waals surface area contributed by atoms with Crippen LogP contribution in [0.2, 0.25) is 5.15 Å². The number of anilines is 2. The van der Waals surface area contributed by atoms with Crippen LogP contribution in [0, 0.1) is 12.7 Å². The molecule has 0 aliphatic carbocycles. The quantitative estimate of drug-likeness (QED) is 0.394. The molecular weight excluding hydrogens is 425 g/mol. The van der Waals surface area contributed by atoms with Crippen molar-refractivity contribution in [3.8, 4) is 11.3 Å². The number of nitrogens with one attached hydrogen (secondary N) is 1. The van der Waals surface area contributed by atoms with Gasteiger partial charge in [-0.2, -0.15) is 5.10 Å². The molecule has 162 valence electrons. The van der Waals surface area contributed by atoms with Crippen LogP contribution in [0.3, 0.4) is 0 Å². The monoisotopic (exact) mass is 447 g/mol. The van der Waals surface area contributed by atoms with Gasteiger partial charge in [0.15, 0.2) is 5.15 Å². The summed E-state index contributed by atoms with van der Waals surface area (Å²) >= 11 is 6.28. The normalized spacial score (nSPS) is 13.4. The molecule has 0 spiro atoms. The molecule has 1 aliphatic heterocycles. The zero-order valence-electron chi connectivity index (χ0n) is 17.9. The molecular formula is C25H23ClFN5. The fraction of sp³-hybridized carbons (Fsp3) is 0.200. The van der Waals surface area contributed by atoms with Crippen LogP contribution in [0.5, 0.6) is 0 Å². The second-order valence-electron chi connectivity index (χ2n) is 8.20. The number of benzene rings is 2. The summed E-state index contributed by atoms with van der Waals surface area (Å²) in [7, 11) is 2.05. The molecule has 7 heteroatoms. The number of rotatable bonds is 5. The van der Waals surface area contributed by atoms with Crippen molar-refractivity contribution in [1.82, 2.24) is 19.7 Å². The van der Waals surface area contributed by atoms with E-state index in [4.69, 9.17) is 16.7 Å². The molecule has 5 rings (SSSR count). The Balaban J connectivity index is 1.48. The van der Waals surface area contributed by atoms with Gasteiger partial charge < -0.3 is 5.32 Å². The van der Waals surface area contributed by atoms with Crippen molar-refractivity contribution < 1.29 is 4.39 Å². The molecule has 0 fully saturated rings. The molecule has 3 heterocycles. The molecule has 1 N–H and O–H groups in total. The maximum Gasteiger partial charge on any atom is 0.152 e. The first-order valence-electron chi connectivity index (χ1n) is 10.5. The average molecular weight is 448 g/mol. The standard InChI is InChI=1S/C25H23ClFN5/c1-16-10-11-22(25(26)28-16)29-18-7-5-6-17(12-18)13-32-24(19-8-3-4-9-21(19)27)20-14-31(2)15-23(20)30-32/h3-12,29H,13-15H2,1-2H3. The van der Waals surface area contributed by atoms with E-state index in [1.165, 1.54) is 6.07 Å². The Bertz CT molecular complexity index is 1300. The maximum absolute atomic E-state index is 14.7. The second kappa shape index (κ2) is 8.37. The lowest BCUT2D eigenvalue weighted by molar-refractivity contribution is 0.346. The number of hydrogen-bond donors (Lipinski definition) is 1. The topological polar surface area (TPSA) is 46.0 Å². The van der Waals surface area contributed by atoms with Crippen LogP contribution >= 0.6 is 11.6 Å². The van der Waals surface area contributed by atoms with Gasteiger partial charge in [-0.05, 0) is 55.9 Å². The number of aromatic nitrogens is 3. The zero-order chi connectivity index (χ0) is 22.2. The van der Waals surface area contributed by atoms with Crippen molar-refractivity contribution in [3.63, 3.8) is 0 Å². The van der Waals surface area contributed by atoms with Crippen molar-refractivity contribution in [2.45, 2.75) is 26.6 Å². The molecule has 2 aromatic carbocycles. The largest absolute Gasteiger partial charge is 0.353 e. The Labute approximate surface area is 191 Å². The fourth-order valence-electron chi connectivity index (χ4n) is 4.19. The fourth-order valence-corrected chi connectivity index (χ4v) is 4.43. The van der Waals surface area contributed by atoms with E-state index in [2.05, 4.69) is 28.3 Å². The van der Waals surface area contributed by atoms with E-state index < -0.39 is 0 Å². The summed E-state index contributed by atoms with van der Waals surface area (Å²) in [6.45, 7) is 3.97. The molecule has 32 heavy (non-hydrogen) atoms. The zero-order valence-corrected chi connectivity index (χ0v) is 18.7. The summed E-state index contributed by atoms with van der Waals surface area (Å²) < 4.78 is 16.7. The van der Waals surface area contributed by atoms with Gasteiger partial charge in [-0.15, -0.1) is 0 Å². The van der Waals surface area contributed by atoms with Crippen LogP contribution < -0.4 is 5.32 Å². The lowest BCUT2D eigenvalue weighted by atomic mass is 10.1. The average Bonchev–Trinajstić information content (AvgIpc) is 3.26. The first-order valence-corrected chi connectivity index (χ1v) is 10.9. The summed E-state index contributed by atoms with van der Waals surface area (Å²) in [4.78, 5) is 6.49. The SMILES string of the molecule is Cc1ccc(Nc2cccc(Cn3nc4c(c3-c3ccccc3F)CN(C)C4)c2)c(Cl)n1. The Kier molecular flexibility index (Phi) is 5.41. The maximum atomic E-state index is 14.7. The molecule has 0 unspecified atom stereocenters. The summed E-state index contributed by atoms with van der Waals surface area (Å²) in [5.74, 6) is -0.233. The predicted molar refractivity (Wildman–Crippen MR) is 126 cm³/mol. The van der Waals surface area contributed by atoms with E-state index in [9.17, 15) is 4.39 Å². The molecule has 5 nitrogen and oxygen atoms in total. The number of hydrogen-bond acceptors (Lipinski definition) is 4. The van der Waals surface area contributed by atoms with Crippen molar-refractivity contribution in [3.05, 3.63) is 94.1 Å². The molecule has 2 aromatic heterocycles. The number of pyridine rings is 1. The lowest BCUT2D eigenvalue weighted by Crippen LogP contribution is -2.13. The van der Waals surface area contributed by atoms with E-state index in [1.807, 2.05) is 54.1 Å². The molecule has 0 saturated heterocycles. The Morgan fingerprint density at radius 2 is 1.91 bits per heavy atom. The van der Waals surface area contributed by atoms with Crippen molar-refractivity contribution >= 4 is 23.0 Å². The van der Waals surface area contributed by atoms with E-state index in [0.29, 0.717) is 17.3 Å². The number of aryl methyl sites for hydroxylation is 1. The van der Waals surface area contributed by atoms with Crippen molar-refractivity contribution in [1.29, 1.82) is 0 Å². The van der Waals surface area contributed by atoms with Gasteiger partial charge in [0.1, 0.15) is 5.82 Å². The van der Waals surface area contributed by atoms with Crippen molar-refractivity contribution in [2.24, 2.45) is 0 Å². The highest BCUT2D eigenvalue weighted by Crippen LogP contribution is 2.34. The van der Waals surface area contributed by atoms with Gasteiger partial charge in [-0.1, -0.05) is 35.9 Å². The van der Waals surface area contributed by atoms with E-state index in [-0.39, 0.29) is 5.82 Å². The van der Waals surface area contributed by atoms with Gasteiger partial charge >= 0.3 is 0 Å². The molecule has 1 aliphatic rings. The molecule has 4 aromatic rings. The summed E-state index contributed by atoms with van der Waals surface area (Å²) in [6.07, 6.45) is 0. The summed E-state index contributed by atoms with van der Waals surface area (Å²) in [6, 6.07) is 18.8. The third-order valence-electron chi connectivity index (χ3n) is 5.64. The highest BCUT2D eigenvalue weighted by molar-refractivity contribution is 6.32. The summed E-state index contributed by atoms with van der Waals surface area (Å²) in [5, 5.41) is 8.62. The molecule has 0 saturated carbocycles. The van der Waals surface area contributed by atoms with Crippen LogP contribution in [-0.4, -0.2) is 26.7 Å². The minimum Gasteiger partial charge on any atom is -0.353 e. The van der Waals surface area contributed by atoms with Gasteiger partial charge in [0.25, 0.3) is 0 Å². The minimum absolute atomic E-state index is 0.233. The highest BCUT2D eigenvalue weighted by atomic mass is 35.5. The lowest BCUT2D eigenvalue weighted by Gasteiger charge is -2.14. The second-order valence-corrected chi connectivity index (χ2v) is 8.56. The molecule has 0 amide bonds. The number of nitrogens with zero attached hydrogens (tertiary/aromatic N) is 4. The summed E-state index contributed by atoms with van der Waals surface area (Å²) in [5.41, 5.74) is 7.13. The smallest absolute Gasteiger partial charge is 0.152 e. The number of halogens is 2. The Morgan fingerprint density at radius 1 is 1.06 bits per heavy atom. The third kappa shape index (κ3) is 3.99. The van der Waals surface area contributed by atoms with Crippen LogP contribution in [0.4, 0.5) is 15.8 Å². The van der Waals surface area contributed by atoms with Crippen molar-refractivity contribution in [2.75, 3.05) is 12.4 Å².